The monoisotopic (exact) mass is 392 g/mol. The van der Waals surface area contributed by atoms with Crippen LogP contribution in [0.5, 0.6) is 5.75 Å². The molecule has 0 atom stereocenters. The van der Waals surface area contributed by atoms with Crippen LogP contribution in [0.25, 0.3) is 10.9 Å². The lowest BCUT2D eigenvalue weighted by Crippen LogP contribution is -2.23. The first kappa shape index (κ1) is 20.5. The van der Waals surface area contributed by atoms with Crippen LogP contribution in [0, 0.1) is 5.82 Å². The molecule has 1 amide bonds. The van der Waals surface area contributed by atoms with Crippen molar-refractivity contribution in [3.05, 3.63) is 83.8 Å². The van der Waals surface area contributed by atoms with Gasteiger partial charge in [-0.2, -0.15) is 0 Å². The topological polar surface area (TPSA) is 51.2 Å². The van der Waals surface area contributed by atoms with Gasteiger partial charge >= 0.3 is 0 Å². The van der Waals surface area contributed by atoms with Gasteiger partial charge in [-0.3, -0.25) is 9.78 Å². The number of fused-ring (bicyclic) bond motifs is 1. The summed E-state index contributed by atoms with van der Waals surface area (Å²) in [6.45, 7) is 2.63. The van der Waals surface area contributed by atoms with Crippen molar-refractivity contribution >= 4 is 16.8 Å². The second-order valence-corrected chi connectivity index (χ2v) is 6.69. The van der Waals surface area contributed by atoms with E-state index in [1.54, 1.807) is 42.6 Å². The van der Waals surface area contributed by atoms with Crippen LogP contribution < -0.4 is 10.1 Å². The zero-order chi connectivity index (χ0) is 20.5. The van der Waals surface area contributed by atoms with Gasteiger partial charge in [0, 0.05) is 29.3 Å². The fourth-order valence-electron chi connectivity index (χ4n) is 2.97. The number of carbonyl (C=O) groups is 1. The number of benzene rings is 2. The molecule has 0 spiro atoms. The highest BCUT2D eigenvalue weighted by Gasteiger charge is 2.12. The predicted molar refractivity (Wildman–Crippen MR) is 113 cm³/mol. The molecule has 150 valence electrons. The number of allylic oxidation sites excluding steroid dienone is 2. The Kier molecular flexibility index (Phi) is 7.34. The molecular formula is C24H25FN2O2. The number of ether oxygens (including phenoxy) is 1. The summed E-state index contributed by atoms with van der Waals surface area (Å²) in [5, 5.41) is 3.66. The third-order valence-corrected chi connectivity index (χ3v) is 4.52. The number of halogens is 1. The van der Waals surface area contributed by atoms with E-state index in [4.69, 9.17) is 4.74 Å². The minimum absolute atomic E-state index is 0.0895. The smallest absolute Gasteiger partial charge is 0.251 e. The standard InChI is InChI=1S/C24H25FN2O2/c1-2-3-4-5-6-15-29-22-11-7-9-20(23(22)25)17-27-24(28)19-12-13-21-18(16-19)10-8-14-26-21/h3-4,7-14,16H,2,5-6,15,17H2,1H3,(H,27,28). The first-order valence-corrected chi connectivity index (χ1v) is 9.87. The molecule has 0 bridgehead atoms. The van der Waals surface area contributed by atoms with Crippen LogP contribution in [0.1, 0.15) is 42.1 Å². The zero-order valence-electron chi connectivity index (χ0n) is 16.5. The Balaban J connectivity index is 1.58. The van der Waals surface area contributed by atoms with Crippen LogP contribution in [-0.2, 0) is 6.54 Å². The van der Waals surface area contributed by atoms with Crippen molar-refractivity contribution in [2.24, 2.45) is 0 Å². The summed E-state index contributed by atoms with van der Waals surface area (Å²) in [5.41, 5.74) is 1.73. The first-order chi connectivity index (χ1) is 14.2. The fraction of sp³-hybridized carbons (Fsp3) is 0.250. The van der Waals surface area contributed by atoms with E-state index in [1.807, 2.05) is 12.1 Å². The minimum atomic E-state index is -0.431. The van der Waals surface area contributed by atoms with E-state index in [2.05, 4.69) is 29.4 Å². The number of nitrogens with zero attached hydrogens (tertiary/aromatic N) is 1. The van der Waals surface area contributed by atoms with E-state index in [0.29, 0.717) is 17.7 Å². The molecule has 0 saturated heterocycles. The molecular weight excluding hydrogens is 367 g/mol. The van der Waals surface area contributed by atoms with Gasteiger partial charge in [0.2, 0.25) is 0 Å². The van der Waals surface area contributed by atoms with Gasteiger partial charge in [0.1, 0.15) is 0 Å². The van der Waals surface area contributed by atoms with Crippen molar-refractivity contribution in [2.75, 3.05) is 6.61 Å². The highest BCUT2D eigenvalue weighted by molar-refractivity contribution is 5.97. The summed E-state index contributed by atoms with van der Waals surface area (Å²) in [7, 11) is 0. The highest BCUT2D eigenvalue weighted by Crippen LogP contribution is 2.21. The number of aromatic nitrogens is 1. The largest absolute Gasteiger partial charge is 0.490 e. The maximum atomic E-state index is 14.7. The van der Waals surface area contributed by atoms with Crippen LogP contribution in [0.3, 0.4) is 0 Å². The summed E-state index contributed by atoms with van der Waals surface area (Å²) in [4.78, 5) is 16.7. The average Bonchev–Trinajstić information content (AvgIpc) is 2.75. The number of hydrogen-bond acceptors (Lipinski definition) is 3. The maximum Gasteiger partial charge on any atom is 0.251 e. The molecule has 0 saturated carbocycles. The van der Waals surface area contributed by atoms with Gasteiger partial charge in [0.15, 0.2) is 11.6 Å². The third-order valence-electron chi connectivity index (χ3n) is 4.52. The molecule has 0 radical (unpaired) electrons. The van der Waals surface area contributed by atoms with E-state index >= 15 is 0 Å². The molecule has 0 aliphatic heterocycles. The molecule has 2 aromatic carbocycles. The molecule has 0 unspecified atom stereocenters. The van der Waals surface area contributed by atoms with Gasteiger partial charge in [-0.05, 0) is 49.6 Å². The molecule has 1 N–H and O–H groups in total. The number of rotatable bonds is 9. The molecule has 29 heavy (non-hydrogen) atoms. The SMILES string of the molecule is CCC=CCCCOc1cccc(CNC(=O)c2ccc3ncccc3c2)c1F. The lowest BCUT2D eigenvalue weighted by atomic mass is 10.1. The molecule has 5 heteroatoms. The number of unbranched alkanes of at least 4 members (excludes halogenated alkanes) is 1. The molecule has 4 nitrogen and oxygen atoms in total. The van der Waals surface area contributed by atoms with Crippen molar-refractivity contribution in [3.63, 3.8) is 0 Å². The Bertz CT molecular complexity index is 1000. The Morgan fingerprint density at radius 2 is 2.07 bits per heavy atom. The summed E-state index contributed by atoms with van der Waals surface area (Å²) < 4.78 is 20.2. The van der Waals surface area contributed by atoms with Gasteiger partial charge in [-0.15, -0.1) is 0 Å². The Labute approximate surface area is 170 Å². The molecule has 1 aromatic heterocycles. The normalized spacial score (nSPS) is 11.1. The van der Waals surface area contributed by atoms with Crippen molar-refractivity contribution in [1.29, 1.82) is 0 Å². The Hall–Kier alpha value is -3.21. The van der Waals surface area contributed by atoms with E-state index in [9.17, 15) is 9.18 Å². The third kappa shape index (κ3) is 5.64. The van der Waals surface area contributed by atoms with Crippen LogP contribution in [0.2, 0.25) is 0 Å². The van der Waals surface area contributed by atoms with E-state index in [0.717, 1.165) is 30.2 Å². The van der Waals surface area contributed by atoms with Crippen molar-refractivity contribution < 1.29 is 13.9 Å². The lowest BCUT2D eigenvalue weighted by molar-refractivity contribution is 0.0950. The highest BCUT2D eigenvalue weighted by atomic mass is 19.1. The van der Waals surface area contributed by atoms with Gasteiger partial charge < -0.3 is 10.1 Å². The van der Waals surface area contributed by atoms with Crippen molar-refractivity contribution in [2.45, 2.75) is 32.7 Å². The van der Waals surface area contributed by atoms with Gasteiger partial charge in [-0.1, -0.05) is 37.3 Å². The Morgan fingerprint density at radius 3 is 2.93 bits per heavy atom. The molecule has 1 heterocycles. The van der Waals surface area contributed by atoms with E-state index in [1.165, 1.54) is 0 Å². The van der Waals surface area contributed by atoms with Crippen molar-refractivity contribution in [1.82, 2.24) is 10.3 Å². The second kappa shape index (κ2) is 10.4. The van der Waals surface area contributed by atoms with Gasteiger partial charge in [0.05, 0.1) is 12.1 Å². The molecule has 0 aliphatic carbocycles. The zero-order valence-corrected chi connectivity index (χ0v) is 16.5. The molecule has 3 rings (SSSR count). The number of nitrogens with one attached hydrogen (secondary N) is 1. The summed E-state index contributed by atoms with van der Waals surface area (Å²) in [5.74, 6) is -0.475. The molecule has 0 aliphatic rings. The number of carbonyl (C=O) groups excluding carboxylic acids is 1. The van der Waals surface area contributed by atoms with Crippen LogP contribution in [0.15, 0.2) is 66.9 Å². The van der Waals surface area contributed by atoms with Crippen LogP contribution >= 0.6 is 0 Å². The van der Waals surface area contributed by atoms with E-state index < -0.39 is 5.82 Å². The molecule has 3 aromatic rings. The summed E-state index contributed by atoms with van der Waals surface area (Å²) >= 11 is 0. The number of amides is 1. The van der Waals surface area contributed by atoms with Crippen molar-refractivity contribution in [3.8, 4) is 5.75 Å². The summed E-state index contributed by atoms with van der Waals surface area (Å²) in [6.07, 6.45) is 8.67. The number of pyridine rings is 1. The first-order valence-electron chi connectivity index (χ1n) is 9.87. The Morgan fingerprint density at radius 1 is 1.17 bits per heavy atom. The maximum absolute atomic E-state index is 14.7. The number of hydrogen-bond donors (Lipinski definition) is 1. The molecule has 0 fully saturated rings. The van der Waals surface area contributed by atoms with Crippen LogP contribution in [-0.4, -0.2) is 17.5 Å². The van der Waals surface area contributed by atoms with Gasteiger partial charge in [-0.25, -0.2) is 4.39 Å². The average molecular weight is 392 g/mol. The lowest BCUT2D eigenvalue weighted by Gasteiger charge is -2.11. The fourth-order valence-corrected chi connectivity index (χ4v) is 2.97. The van der Waals surface area contributed by atoms with Gasteiger partial charge in [0.25, 0.3) is 5.91 Å². The van der Waals surface area contributed by atoms with Crippen LogP contribution in [0.4, 0.5) is 4.39 Å². The quantitative estimate of drug-likeness (QED) is 0.390. The van der Waals surface area contributed by atoms with E-state index in [-0.39, 0.29) is 18.2 Å². The summed E-state index contributed by atoms with van der Waals surface area (Å²) in [6, 6.07) is 14.0. The predicted octanol–water partition coefficient (Wildman–Crippen LogP) is 5.43. The minimum Gasteiger partial charge on any atom is -0.490 e. The second-order valence-electron chi connectivity index (χ2n) is 6.69.